The Kier molecular flexibility index (Phi) is 8.09. The van der Waals surface area contributed by atoms with Crippen LogP contribution in [0.4, 0.5) is 11.4 Å². The predicted octanol–water partition coefficient (Wildman–Crippen LogP) is 7.68. The van der Waals surface area contributed by atoms with Gasteiger partial charge in [0.2, 0.25) is 0 Å². The summed E-state index contributed by atoms with van der Waals surface area (Å²) in [5.41, 5.74) is 5.83. The number of benzene rings is 4. The number of fused-ring (bicyclic) bond motifs is 1. The zero-order chi connectivity index (χ0) is 29.2. The number of carbonyl (C=O) groups excluding carboxylic acids is 2. The quantitative estimate of drug-likeness (QED) is 0.223. The molecule has 4 aromatic rings. The van der Waals surface area contributed by atoms with E-state index in [0.29, 0.717) is 35.1 Å². The first-order valence-corrected chi connectivity index (χ1v) is 15.3. The Morgan fingerprint density at radius 2 is 1.74 bits per heavy atom. The number of aryl methyl sites for hydroxylation is 1. The fourth-order valence-corrected chi connectivity index (χ4v) is 6.90. The minimum Gasteiger partial charge on any atom is -0.365 e. The average Bonchev–Trinajstić information content (AvgIpc) is 2.99. The second-order valence-corrected chi connectivity index (χ2v) is 12.4. The maximum atomic E-state index is 13.7. The number of carbonyl (C=O) groups is 2. The zero-order valence-corrected chi connectivity index (χ0v) is 25.2. The van der Waals surface area contributed by atoms with Gasteiger partial charge >= 0.3 is 0 Å². The van der Waals surface area contributed by atoms with Crippen molar-refractivity contribution in [2.24, 2.45) is 0 Å². The average molecular weight is 594 g/mol. The Bertz CT molecular complexity index is 1670. The van der Waals surface area contributed by atoms with E-state index in [-0.39, 0.29) is 17.9 Å². The molecule has 0 aromatic heterocycles. The minimum atomic E-state index is -0.0562. The second-order valence-electron chi connectivity index (χ2n) is 10.9. The van der Waals surface area contributed by atoms with Crippen molar-refractivity contribution in [1.82, 2.24) is 4.90 Å². The molecule has 1 fully saturated rings. The van der Waals surface area contributed by atoms with Crippen LogP contribution in [0.1, 0.15) is 34.0 Å². The number of thioether (sulfide) groups is 1. The summed E-state index contributed by atoms with van der Waals surface area (Å²) in [6.07, 6.45) is 1.91. The largest absolute Gasteiger partial charge is 0.365 e. The van der Waals surface area contributed by atoms with Gasteiger partial charge in [0.15, 0.2) is 0 Å². The number of anilines is 2. The Morgan fingerprint density at radius 1 is 0.952 bits per heavy atom. The Hall–Kier alpha value is -4.00. The highest BCUT2D eigenvalue weighted by atomic mass is 35.5. The molecule has 0 aliphatic carbocycles. The molecule has 2 aliphatic heterocycles. The molecule has 0 N–H and O–H groups in total. The van der Waals surface area contributed by atoms with Crippen molar-refractivity contribution in [2.75, 3.05) is 29.4 Å². The highest BCUT2D eigenvalue weighted by molar-refractivity contribution is 8.04. The Labute approximate surface area is 256 Å². The third-order valence-corrected chi connectivity index (χ3v) is 9.08. The van der Waals surface area contributed by atoms with Crippen molar-refractivity contribution in [1.29, 1.82) is 0 Å². The molecule has 2 amide bonds. The van der Waals surface area contributed by atoms with Gasteiger partial charge in [-0.2, -0.15) is 0 Å². The molecule has 1 saturated heterocycles. The van der Waals surface area contributed by atoms with Gasteiger partial charge in [0.05, 0.1) is 17.1 Å². The van der Waals surface area contributed by atoms with Crippen LogP contribution in [0, 0.1) is 6.92 Å². The van der Waals surface area contributed by atoms with Crippen LogP contribution >= 0.6 is 23.4 Å². The zero-order valence-electron chi connectivity index (χ0n) is 23.7. The summed E-state index contributed by atoms with van der Waals surface area (Å²) in [6, 6.07) is 31.9. The van der Waals surface area contributed by atoms with Gasteiger partial charge in [-0.1, -0.05) is 71.9 Å². The monoisotopic (exact) mass is 593 g/mol. The molecule has 0 saturated carbocycles. The number of para-hydroxylation sites is 1. The van der Waals surface area contributed by atoms with Crippen LogP contribution in [0.15, 0.2) is 107 Å². The Balaban J connectivity index is 1.17. The van der Waals surface area contributed by atoms with Crippen molar-refractivity contribution in [2.45, 2.75) is 31.3 Å². The fraction of sp³-hybridized carbons (Fsp3) is 0.200. The van der Waals surface area contributed by atoms with E-state index in [0.717, 1.165) is 28.3 Å². The van der Waals surface area contributed by atoms with Gasteiger partial charge < -0.3 is 14.7 Å². The minimum absolute atomic E-state index is 0.0367. The molecule has 2 aliphatic rings. The topological polar surface area (TPSA) is 43.9 Å². The van der Waals surface area contributed by atoms with E-state index in [1.54, 1.807) is 4.90 Å². The van der Waals surface area contributed by atoms with Crippen LogP contribution < -0.4 is 9.80 Å². The van der Waals surface area contributed by atoms with Crippen LogP contribution in [-0.2, 0) is 11.3 Å². The number of halogens is 1. The summed E-state index contributed by atoms with van der Waals surface area (Å²) in [7, 11) is 0. The molecule has 42 heavy (non-hydrogen) atoms. The lowest BCUT2D eigenvalue weighted by atomic mass is 10.1. The maximum absolute atomic E-state index is 13.7. The molecule has 5 nitrogen and oxygen atoms in total. The maximum Gasteiger partial charge on any atom is 0.265 e. The van der Waals surface area contributed by atoms with E-state index in [1.807, 2.05) is 83.8 Å². The van der Waals surface area contributed by atoms with Gasteiger partial charge in [-0.3, -0.25) is 9.59 Å². The van der Waals surface area contributed by atoms with Crippen LogP contribution in [0.5, 0.6) is 0 Å². The Morgan fingerprint density at radius 3 is 2.50 bits per heavy atom. The van der Waals surface area contributed by atoms with Gasteiger partial charge in [-0.25, -0.2) is 0 Å². The number of rotatable bonds is 5. The molecular formula is C35H32ClN3O2S. The normalized spacial score (nSPS) is 17.9. The molecule has 0 radical (unpaired) electrons. The van der Waals surface area contributed by atoms with E-state index < -0.39 is 0 Å². The lowest BCUT2D eigenvalue weighted by Crippen LogP contribution is -2.53. The molecular weight excluding hydrogens is 562 g/mol. The predicted molar refractivity (Wildman–Crippen MR) is 173 cm³/mol. The van der Waals surface area contributed by atoms with E-state index >= 15 is 0 Å². The molecule has 212 valence electrons. The lowest BCUT2D eigenvalue weighted by Gasteiger charge is -2.41. The number of hydrogen-bond acceptors (Lipinski definition) is 4. The molecule has 4 aromatic carbocycles. The molecule has 6 rings (SSSR count). The van der Waals surface area contributed by atoms with Gasteiger partial charge in [-0.15, -0.1) is 0 Å². The molecule has 0 spiro atoms. The van der Waals surface area contributed by atoms with Crippen LogP contribution in [0.3, 0.4) is 0 Å². The van der Waals surface area contributed by atoms with Crippen molar-refractivity contribution >= 4 is 52.6 Å². The smallest absolute Gasteiger partial charge is 0.265 e. The van der Waals surface area contributed by atoms with Gasteiger partial charge in [0.1, 0.15) is 0 Å². The first-order valence-electron chi connectivity index (χ1n) is 14.1. The number of amides is 2. The number of hydrogen-bond donors (Lipinski definition) is 0. The SMILES string of the molecule is Cc1cccc(N2CCN(C(=O)c3ccc(/C=C4/Sc5ccccc5N(Cc5cccc(Cl)c5)C4=O)cc3)C[C@@H]2C)c1. The van der Waals surface area contributed by atoms with Crippen molar-refractivity contribution in [3.05, 3.63) is 129 Å². The van der Waals surface area contributed by atoms with E-state index in [9.17, 15) is 9.59 Å². The third-order valence-electron chi connectivity index (χ3n) is 7.77. The molecule has 1 atom stereocenters. The second kappa shape index (κ2) is 12.1. The third kappa shape index (κ3) is 5.96. The van der Waals surface area contributed by atoms with E-state index in [1.165, 1.54) is 23.0 Å². The van der Waals surface area contributed by atoms with Crippen molar-refractivity contribution in [3.8, 4) is 0 Å². The first kappa shape index (κ1) is 28.1. The summed E-state index contributed by atoms with van der Waals surface area (Å²) in [6.45, 7) is 6.85. The number of nitrogens with zero attached hydrogens (tertiary/aromatic N) is 3. The van der Waals surface area contributed by atoms with E-state index in [4.69, 9.17) is 11.6 Å². The summed E-state index contributed by atoms with van der Waals surface area (Å²) in [4.78, 5) is 34.8. The summed E-state index contributed by atoms with van der Waals surface area (Å²) < 4.78 is 0. The summed E-state index contributed by atoms with van der Waals surface area (Å²) in [5.74, 6) is -0.0195. The summed E-state index contributed by atoms with van der Waals surface area (Å²) in [5, 5.41) is 0.646. The highest BCUT2D eigenvalue weighted by Crippen LogP contribution is 2.42. The molecule has 7 heteroatoms. The lowest BCUT2D eigenvalue weighted by molar-refractivity contribution is -0.114. The van der Waals surface area contributed by atoms with Crippen LogP contribution in [-0.4, -0.2) is 42.4 Å². The van der Waals surface area contributed by atoms with Crippen molar-refractivity contribution in [3.63, 3.8) is 0 Å². The highest BCUT2D eigenvalue weighted by Gasteiger charge is 2.30. The fourth-order valence-electron chi connectivity index (χ4n) is 5.63. The van der Waals surface area contributed by atoms with Crippen molar-refractivity contribution < 1.29 is 9.59 Å². The van der Waals surface area contributed by atoms with Crippen LogP contribution in [0.2, 0.25) is 5.02 Å². The molecule has 2 heterocycles. The van der Waals surface area contributed by atoms with Gasteiger partial charge in [0, 0.05) is 46.8 Å². The number of piperazine rings is 1. The first-order chi connectivity index (χ1) is 20.4. The van der Waals surface area contributed by atoms with Crippen LogP contribution in [0.25, 0.3) is 6.08 Å². The molecule has 0 unspecified atom stereocenters. The summed E-state index contributed by atoms with van der Waals surface area (Å²) >= 11 is 7.69. The van der Waals surface area contributed by atoms with Gasteiger partial charge in [0.25, 0.3) is 11.8 Å². The molecule has 0 bridgehead atoms. The van der Waals surface area contributed by atoms with E-state index in [2.05, 4.69) is 43.0 Å². The van der Waals surface area contributed by atoms with Gasteiger partial charge in [-0.05, 0) is 85.1 Å². The standard InChI is InChI=1S/C35H32ClN3O2S/c1-24-7-5-10-30(19-24)38-18-17-37(22-25(38)2)34(40)28-15-13-26(14-16-28)21-33-35(41)39(23-27-8-6-9-29(36)20-27)31-11-3-4-12-32(31)42-33/h3-16,19-21,25H,17-18,22-23H2,1-2H3/b33-21+/t25-/m0/s1.